The third-order valence-corrected chi connectivity index (χ3v) is 4.04. The SMILES string of the molecule is COc1ccncc1-c1ccc2oc(-c3ccc(Cl)cc3)nc2c1. The van der Waals surface area contributed by atoms with E-state index < -0.39 is 0 Å². The Labute approximate surface area is 143 Å². The average Bonchev–Trinajstić information content (AvgIpc) is 3.05. The number of ether oxygens (including phenoxy) is 1. The van der Waals surface area contributed by atoms with E-state index in [0.717, 1.165) is 33.5 Å². The second-order valence-corrected chi connectivity index (χ2v) is 5.72. The largest absolute Gasteiger partial charge is 0.496 e. The van der Waals surface area contributed by atoms with E-state index in [2.05, 4.69) is 9.97 Å². The van der Waals surface area contributed by atoms with Crippen LogP contribution in [-0.2, 0) is 0 Å². The molecule has 0 aliphatic heterocycles. The van der Waals surface area contributed by atoms with Gasteiger partial charge in [-0.3, -0.25) is 4.98 Å². The van der Waals surface area contributed by atoms with Crippen LogP contribution in [0.4, 0.5) is 0 Å². The summed E-state index contributed by atoms with van der Waals surface area (Å²) in [6.45, 7) is 0. The van der Waals surface area contributed by atoms with Gasteiger partial charge in [-0.2, -0.15) is 0 Å². The number of aromatic nitrogens is 2. The van der Waals surface area contributed by atoms with Crippen molar-refractivity contribution in [2.45, 2.75) is 0 Å². The molecule has 0 saturated carbocycles. The molecular formula is C19H13ClN2O2. The normalized spacial score (nSPS) is 10.9. The molecule has 118 valence electrons. The van der Waals surface area contributed by atoms with Gasteiger partial charge in [0.1, 0.15) is 11.3 Å². The molecule has 2 heterocycles. The second-order valence-electron chi connectivity index (χ2n) is 5.28. The highest BCUT2D eigenvalue weighted by atomic mass is 35.5. The number of oxazole rings is 1. The van der Waals surface area contributed by atoms with Gasteiger partial charge in [0, 0.05) is 28.5 Å². The van der Waals surface area contributed by atoms with Crippen molar-refractivity contribution >= 4 is 22.7 Å². The summed E-state index contributed by atoms with van der Waals surface area (Å²) >= 11 is 5.93. The van der Waals surface area contributed by atoms with Gasteiger partial charge in [-0.05, 0) is 48.0 Å². The van der Waals surface area contributed by atoms with Crippen LogP contribution in [-0.4, -0.2) is 17.1 Å². The van der Waals surface area contributed by atoms with Crippen LogP contribution in [0.2, 0.25) is 5.02 Å². The maximum atomic E-state index is 5.93. The highest BCUT2D eigenvalue weighted by Crippen LogP contribution is 2.32. The van der Waals surface area contributed by atoms with Crippen LogP contribution in [0, 0.1) is 0 Å². The van der Waals surface area contributed by atoms with Crippen LogP contribution < -0.4 is 4.74 Å². The van der Waals surface area contributed by atoms with Gasteiger partial charge in [-0.25, -0.2) is 4.98 Å². The summed E-state index contributed by atoms with van der Waals surface area (Å²) in [7, 11) is 1.64. The lowest BCUT2D eigenvalue weighted by atomic mass is 10.1. The number of pyridine rings is 1. The van der Waals surface area contributed by atoms with Crippen molar-refractivity contribution in [2.24, 2.45) is 0 Å². The Morgan fingerprint density at radius 2 is 1.79 bits per heavy atom. The molecule has 0 amide bonds. The van der Waals surface area contributed by atoms with E-state index in [4.69, 9.17) is 20.8 Å². The predicted octanol–water partition coefficient (Wildman–Crippen LogP) is 5.22. The molecule has 0 N–H and O–H groups in total. The first-order valence-corrected chi connectivity index (χ1v) is 7.77. The van der Waals surface area contributed by atoms with Crippen LogP contribution in [0.5, 0.6) is 5.75 Å². The Hall–Kier alpha value is -2.85. The molecule has 0 radical (unpaired) electrons. The molecule has 0 atom stereocenters. The summed E-state index contributed by atoms with van der Waals surface area (Å²) in [6.07, 6.45) is 3.48. The molecule has 4 rings (SSSR count). The summed E-state index contributed by atoms with van der Waals surface area (Å²) in [4.78, 5) is 8.76. The van der Waals surface area contributed by atoms with E-state index in [1.54, 1.807) is 19.5 Å². The number of nitrogens with zero attached hydrogens (tertiary/aromatic N) is 2. The fraction of sp³-hybridized carbons (Fsp3) is 0.0526. The van der Waals surface area contributed by atoms with Crippen LogP contribution in [0.1, 0.15) is 0 Å². The molecule has 2 aromatic carbocycles. The van der Waals surface area contributed by atoms with Crippen molar-refractivity contribution in [1.82, 2.24) is 9.97 Å². The first kappa shape index (κ1) is 14.7. The molecule has 0 fully saturated rings. The second kappa shape index (κ2) is 5.98. The summed E-state index contributed by atoms with van der Waals surface area (Å²) in [5.74, 6) is 1.34. The standard InChI is InChI=1S/C19H13ClN2O2/c1-23-17-8-9-21-11-15(17)13-4-7-18-16(10-13)22-19(24-18)12-2-5-14(20)6-3-12/h2-11H,1H3. The fourth-order valence-electron chi connectivity index (χ4n) is 2.59. The highest BCUT2D eigenvalue weighted by Gasteiger charge is 2.11. The Bertz CT molecular complexity index is 1010. The molecule has 4 aromatic rings. The van der Waals surface area contributed by atoms with Crippen molar-refractivity contribution in [3.63, 3.8) is 0 Å². The zero-order valence-corrected chi connectivity index (χ0v) is 13.6. The van der Waals surface area contributed by atoms with Gasteiger partial charge in [0.25, 0.3) is 0 Å². The van der Waals surface area contributed by atoms with E-state index in [-0.39, 0.29) is 0 Å². The molecular weight excluding hydrogens is 324 g/mol. The summed E-state index contributed by atoms with van der Waals surface area (Å²) in [5.41, 5.74) is 4.28. The molecule has 0 bridgehead atoms. The van der Waals surface area contributed by atoms with Crippen LogP contribution in [0.15, 0.2) is 65.3 Å². The van der Waals surface area contributed by atoms with Gasteiger partial charge < -0.3 is 9.15 Å². The highest BCUT2D eigenvalue weighted by molar-refractivity contribution is 6.30. The lowest BCUT2D eigenvalue weighted by molar-refractivity contribution is 0.416. The third kappa shape index (κ3) is 2.61. The molecule has 0 aliphatic rings. The van der Waals surface area contributed by atoms with Crippen LogP contribution in [0.3, 0.4) is 0 Å². The quantitative estimate of drug-likeness (QED) is 0.514. The average molecular weight is 337 g/mol. The summed E-state index contributed by atoms with van der Waals surface area (Å²) < 4.78 is 11.2. The molecule has 0 aliphatic carbocycles. The van der Waals surface area contributed by atoms with Crippen LogP contribution in [0.25, 0.3) is 33.7 Å². The van der Waals surface area contributed by atoms with Crippen molar-refractivity contribution in [3.05, 3.63) is 65.9 Å². The minimum absolute atomic E-state index is 0.567. The number of methoxy groups -OCH3 is 1. The van der Waals surface area contributed by atoms with Gasteiger partial charge in [0.15, 0.2) is 5.58 Å². The first-order valence-electron chi connectivity index (χ1n) is 7.39. The zero-order valence-electron chi connectivity index (χ0n) is 12.9. The number of benzene rings is 2. The van der Waals surface area contributed by atoms with Crippen molar-refractivity contribution < 1.29 is 9.15 Å². The third-order valence-electron chi connectivity index (χ3n) is 3.79. The maximum absolute atomic E-state index is 5.93. The Balaban J connectivity index is 1.80. The van der Waals surface area contributed by atoms with Gasteiger partial charge in [-0.15, -0.1) is 0 Å². The van der Waals surface area contributed by atoms with E-state index in [0.29, 0.717) is 10.9 Å². The van der Waals surface area contributed by atoms with Crippen LogP contribution >= 0.6 is 11.6 Å². The minimum Gasteiger partial charge on any atom is -0.496 e. The lowest BCUT2D eigenvalue weighted by Gasteiger charge is -2.07. The number of rotatable bonds is 3. The lowest BCUT2D eigenvalue weighted by Crippen LogP contribution is -1.88. The Kier molecular flexibility index (Phi) is 3.67. The molecule has 5 heteroatoms. The monoisotopic (exact) mass is 336 g/mol. The van der Waals surface area contributed by atoms with Crippen molar-refractivity contribution in [1.29, 1.82) is 0 Å². The first-order chi connectivity index (χ1) is 11.7. The molecule has 0 saturated heterocycles. The molecule has 4 nitrogen and oxygen atoms in total. The zero-order chi connectivity index (χ0) is 16.5. The molecule has 0 unspecified atom stereocenters. The smallest absolute Gasteiger partial charge is 0.227 e. The van der Waals surface area contributed by atoms with E-state index in [9.17, 15) is 0 Å². The number of fused-ring (bicyclic) bond motifs is 1. The van der Waals surface area contributed by atoms with Gasteiger partial charge in [-0.1, -0.05) is 17.7 Å². The summed E-state index contributed by atoms with van der Waals surface area (Å²) in [5, 5.41) is 0.681. The number of hydrogen-bond donors (Lipinski definition) is 0. The van der Waals surface area contributed by atoms with E-state index in [1.165, 1.54) is 0 Å². The topological polar surface area (TPSA) is 48.2 Å². The van der Waals surface area contributed by atoms with E-state index in [1.807, 2.05) is 48.5 Å². The molecule has 0 spiro atoms. The van der Waals surface area contributed by atoms with Gasteiger partial charge in [0.05, 0.1) is 7.11 Å². The Morgan fingerprint density at radius 1 is 1.00 bits per heavy atom. The predicted molar refractivity (Wildman–Crippen MR) is 94.2 cm³/mol. The van der Waals surface area contributed by atoms with Crippen molar-refractivity contribution in [3.8, 4) is 28.3 Å². The minimum atomic E-state index is 0.567. The number of halogens is 1. The maximum Gasteiger partial charge on any atom is 0.227 e. The molecule has 24 heavy (non-hydrogen) atoms. The van der Waals surface area contributed by atoms with Gasteiger partial charge in [0.2, 0.25) is 5.89 Å². The van der Waals surface area contributed by atoms with Gasteiger partial charge >= 0.3 is 0 Å². The fourth-order valence-corrected chi connectivity index (χ4v) is 2.71. The Morgan fingerprint density at radius 3 is 2.58 bits per heavy atom. The summed E-state index contributed by atoms with van der Waals surface area (Å²) in [6, 6.07) is 15.1. The number of hydrogen-bond acceptors (Lipinski definition) is 4. The molecule has 2 aromatic heterocycles. The van der Waals surface area contributed by atoms with Crippen molar-refractivity contribution in [2.75, 3.05) is 7.11 Å². The van der Waals surface area contributed by atoms with E-state index >= 15 is 0 Å².